The molecule has 0 bridgehead atoms. The molecule has 0 spiro atoms. The Kier molecular flexibility index (Phi) is 4.25. The molecule has 3 rings (SSSR count). The summed E-state index contributed by atoms with van der Waals surface area (Å²) in [6.07, 6.45) is 3.73. The van der Waals surface area contributed by atoms with Gasteiger partial charge in [-0.05, 0) is 30.0 Å². The van der Waals surface area contributed by atoms with Gasteiger partial charge >= 0.3 is 5.97 Å². The zero-order valence-corrected chi connectivity index (χ0v) is 12.3. The fourth-order valence-corrected chi connectivity index (χ4v) is 3.42. The van der Waals surface area contributed by atoms with Crippen molar-refractivity contribution in [2.24, 2.45) is 11.8 Å². The van der Waals surface area contributed by atoms with Crippen LogP contribution in [0.2, 0.25) is 0 Å². The SMILES string of the molecule is O=C[C@H]1CN([C@H](CC2CC2)C(=O)O)C[C@@H]1c1cccc(F)c1. The molecular weight excluding hydrogens is 285 g/mol. The molecule has 1 aromatic rings. The highest BCUT2D eigenvalue weighted by atomic mass is 19.1. The number of likely N-dealkylation sites (tertiary alicyclic amines) is 1. The van der Waals surface area contributed by atoms with Crippen molar-refractivity contribution in [3.63, 3.8) is 0 Å². The first kappa shape index (κ1) is 15.2. The molecule has 2 aliphatic rings. The number of nitrogens with zero attached hydrogens (tertiary/aromatic N) is 1. The molecule has 1 heterocycles. The normalized spacial score (nSPS) is 26.8. The lowest BCUT2D eigenvalue weighted by Gasteiger charge is -2.24. The smallest absolute Gasteiger partial charge is 0.320 e. The van der Waals surface area contributed by atoms with Crippen LogP contribution in [-0.4, -0.2) is 41.4 Å². The van der Waals surface area contributed by atoms with Gasteiger partial charge < -0.3 is 9.90 Å². The molecule has 1 aliphatic carbocycles. The first-order valence-electron chi connectivity index (χ1n) is 7.76. The first-order chi connectivity index (χ1) is 10.6. The van der Waals surface area contributed by atoms with Crippen molar-refractivity contribution in [1.82, 2.24) is 4.90 Å². The topological polar surface area (TPSA) is 57.6 Å². The standard InChI is InChI=1S/C17H20FNO3/c18-14-3-1-2-12(7-14)15-9-19(8-13(15)10-20)16(17(21)22)6-11-4-5-11/h1-3,7,10-11,13,15-16H,4-6,8-9H2,(H,21,22)/t13-,15-,16-/m1/s1. The Morgan fingerprint density at radius 1 is 1.41 bits per heavy atom. The zero-order chi connectivity index (χ0) is 15.7. The number of carbonyl (C=O) groups is 2. The number of halogens is 1. The maximum atomic E-state index is 13.4. The lowest BCUT2D eigenvalue weighted by Crippen LogP contribution is -2.40. The molecule has 22 heavy (non-hydrogen) atoms. The van der Waals surface area contributed by atoms with Crippen LogP contribution in [0.1, 0.15) is 30.7 Å². The summed E-state index contributed by atoms with van der Waals surface area (Å²) >= 11 is 0. The summed E-state index contributed by atoms with van der Waals surface area (Å²) < 4.78 is 13.4. The summed E-state index contributed by atoms with van der Waals surface area (Å²) in [5.74, 6) is -1.05. The maximum Gasteiger partial charge on any atom is 0.320 e. The predicted molar refractivity (Wildman–Crippen MR) is 79.0 cm³/mol. The average Bonchev–Trinajstić information content (AvgIpc) is 3.21. The van der Waals surface area contributed by atoms with Gasteiger partial charge in [0.15, 0.2) is 0 Å². The molecule has 4 nitrogen and oxygen atoms in total. The molecule has 0 aromatic heterocycles. The van der Waals surface area contributed by atoms with Crippen molar-refractivity contribution in [3.05, 3.63) is 35.6 Å². The number of aliphatic carboxylic acids is 1. The van der Waals surface area contributed by atoms with Gasteiger partial charge in [0.05, 0.1) is 0 Å². The van der Waals surface area contributed by atoms with Crippen LogP contribution in [-0.2, 0) is 9.59 Å². The van der Waals surface area contributed by atoms with Gasteiger partial charge in [0.2, 0.25) is 0 Å². The molecule has 1 saturated carbocycles. The van der Waals surface area contributed by atoms with E-state index in [9.17, 15) is 19.1 Å². The minimum absolute atomic E-state index is 0.130. The van der Waals surface area contributed by atoms with Crippen LogP contribution in [0.4, 0.5) is 4.39 Å². The van der Waals surface area contributed by atoms with E-state index in [-0.39, 0.29) is 17.7 Å². The number of carboxylic acids is 1. The Morgan fingerprint density at radius 3 is 2.77 bits per heavy atom. The highest BCUT2D eigenvalue weighted by molar-refractivity contribution is 5.74. The molecule has 118 valence electrons. The van der Waals surface area contributed by atoms with E-state index in [1.807, 2.05) is 11.0 Å². The van der Waals surface area contributed by atoms with Crippen molar-refractivity contribution < 1.29 is 19.1 Å². The van der Waals surface area contributed by atoms with E-state index in [2.05, 4.69) is 0 Å². The van der Waals surface area contributed by atoms with Crippen molar-refractivity contribution in [2.75, 3.05) is 13.1 Å². The first-order valence-corrected chi connectivity index (χ1v) is 7.76. The van der Waals surface area contributed by atoms with Crippen LogP contribution in [0.5, 0.6) is 0 Å². The summed E-state index contributed by atoms with van der Waals surface area (Å²) in [5.41, 5.74) is 0.773. The number of carboxylic acid groups (broad SMARTS) is 1. The predicted octanol–water partition coefficient (Wildman–Crippen LogP) is 2.29. The van der Waals surface area contributed by atoms with E-state index in [0.717, 1.165) is 24.7 Å². The van der Waals surface area contributed by atoms with Gasteiger partial charge in [-0.2, -0.15) is 0 Å². The second-order valence-electron chi connectivity index (χ2n) is 6.45. The van der Waals surface area contributed by atoms with Crippen LogP contribution >= 0.6 is 0 Å². The molecule has 1 N–H and O–H groups in total. The van der Waals surface area contributed by atoms with Gasteiger partial charge in [-0.1, -0.05) is 25.0 Å². The summed E-state index contributed by atoms with van der Waals surface area (Å²) in [6, 6.07) is 5.73. The third-order valence-corrected chi connectivity index (χ3v) is 4.82. The number of hydrogen-bond acceptors (Lipinski definition) is 3. The third-order valence-electron chi connectivity index (χ3n) is 4.82. The fourth-order valence-electron chi connectivity index (χ4n) is 3.42. The molecule has 0 amide bonds. The van der Waals surface area contributed by atoms with Crippen LogP contribution in [0, 0.1) is 17.7 Å². The van der Waals surface area contributed by atoms with Crippen LogP contribution in [0.3, 0.4) is 0 Å². The van der Waals surface area contributed by atoms with Crippen molar-refractivity contribution >= 4 is 12.3 Å². The van der Waals surface area contributed by atoms with Crippen molar-refractivity contribution in [1.29, 1.82) is 0 Å². The van der Waals surface area contributed by atoms with E-state index in [4.69, 9.17) is 0 Å². The Bertz CT molecular complexity index is 573. The molecule has 1 saturated heterocycles. The summed E-state index contributed by atoms with van der Waals surface area (Å²) in [7, 11) is 0. The molecule has 2 fully saturated rings. The van der Waals surface area contributed by atoms with Crippen LogP contribution in [0.25, 0.3) is 0 Å². The monoisotopic (exact) mass is 305 g/mol. The highest BCUT2D eigenvalue weighted by Gasteiger charge is 2.41. The molecule has 0 radical (unpaired) electrons. The van der Waals surface area contributed by atoms with Gasteiger partial charge in [0.1, 0.15) is 18.1 Å². The number of carbonyl (C=O) groups excluding carboxylic acids is 1. The lowest BCUT2D eigenvalue weighted by molar-refractivity contribution is -0.143. The summed E-state index contributed by atoms with van der Waals surface area (Å²) in [4.78, 5) is 24.8. The van der Waals surface area contributed by atoms with Crippen LogP contribution in [0.15, 0.2) is 24.3 Å². The average molecular weight is 305 g/mol. The molecular formula is C17H20FNO3. The van der Waals surface area contributed by atoms with E-state index < -0.39 is 12.0 Å². The number of benzene rings is 1. The van der Waals surface area contributed by atoms with E-state index in [1.54, 1.807) is 6.07 Å². The summed E-state index contributed by atoms with van der Waals surface area (Å²) in [6.45, 7) is 0.935. The van der Waals surface area contributed by atoms with Crippen LogP contribution < -0.4 is 0 Å². The number of aldehydes is 1. The van der Waals surface area contributed by atoms with Gasteiger partial charge in [0, 0.05) is 24.9 Å². The number of hydrogen-bond donors (Lipinski definition) is 1. The van der Waals surface area contributed by atoms with Gasteiger partial charge in [0.25, 0.3) is 0 Å². The second kappa shape index (κ2) is 6.16. The zero-order valence-electron chi connectivity index (χ0n) is 12.3. The van der Waals surface area contributed by atoms with Crippen molar-refractivity contribution in [2.45, 2.75) is 31.2 Å². The number of rotatable bonds is 6. The van der Waals surface area contributed by atoms with E-state index in [0.29, 0.717) is 25.4 Å². The Morgan fingerprint density at radius 2 is 2.18 bits per heavy atom. The van der Waals surface area contributed by atoms with E-state index in [1.165, 1.54) is 12.1 Å². The van der Waals surface area contributed by atoms with Gasteiger partial charge in [-0.15, -0.1) is 0 Å². The lowest BCUT2D eigenvalue weighted by atomic mass is 9.90. The van der Waals surface area contributed by atoms with Gasteiger partial charge in [-0.25, -0.2) is 4.39 Å². The largest absolute Gasteiger partial charge is 0.480 e. The Balaban J connectivity index is 1.78. The molecule has 1 aromatic carbocycles. The Labute approximate surface area is 128 Å². The molecule has 3 atom stereocenters. The van der Waals surface area contributed by atoms with Crippen molar-refractivity contribution in [3.8, 4) is 0 Å². The fraction of sp³-hybridized carbons (Fsp3) is 0.529. The summed E-state index contributed by atoms with van der Waals surface area (Å²) in [5, 5.41) is 9.48. The van der Waals surface area contributed by atoms with E-state index >= 15 is 0 Å². The molecule has 0 unspecified atom stereocenters. The van der Waals surface area contributed by atoms with Gasteiger partial charge in [-0.3, -0.25) is 9.69 Å². The minimum Gasteiger partial charge on any atom is -0.480 e. The highest BCUT2D eigenvalue weighted by Crippen LogP contribution is 2.38. The quantitative estimate of drug-likeness (QED) is 0.819. The minimum atomic E-state index is -0.823. The molecule has 5 heteroatoms. The molecule has 1 aliphatic heterocycles. The second-order valence-corrected chi connectivity index (χ2v) is 6.45. The third kappa shape index (κ3) is 3.19. The maximum absolute atomic E-state index is 13.4. The Hall–Kier alpha value is -1.75.